The Balaban J connectivity index is 0. The summed E-state index contributed by atoms with van der Waals surface area (Å²) in [6.45, 7) is 1.57. The molecule has 100 valence electrons. The molecule has 1 aromatic rings. The SMILES string of the molecule is Cc1cccc(C(=O)O)c1C(=O)O.O=C=O.O=C=O. The normalized spacial score (nSPS) is 7.42. The second-order valence-corrected chi connectivity index (χ2v) is 2.77. The summed E-state index contributed by atoms with van der Waals surface area (Å²) in [6, 6.07) is 4.36. The van der Waals surface area contributed by atoms with Crippen LogP contribution in [0.4, 0.5) is 0 Å². The van der Waals surface area contributed by atoms with Gasteiger partial charge in [0, 0.05) is 0 Å². The van der Waals surface area contributed by atoms with Gasteiger partial charge >= 0.3 is 24.2 Å². The Morgan fingerprint density at radius 1 is 0.947 bits per heavy atom. The second kappa shape index (κ2) is 10.1. The van der Waals surface area contributed by atoms with E-state index < -0.39 is 11.9 Å². The van der Waals surface area contributed by atoms with E-state index in [2.05, 4.69) is 0 Å². The molecule has 0 radical (unpaired) electrons. The lowest BCUT2D eigenvalue weighted by Crippen LogP contribution is -2.09. The first kappa shape index (κ1) is 18.3. The van der Waals surface area contributed by atoms with Crippen molar-refractivity contribution in [3.8, 4) is 0 Å². The van der Waals surface area contributed by atoms with Crippen molar-refractivity contribution in [3.63, 3.8) is 0 Å². The van der Waals surface area contributed by atoms with Crippen molar-refractivity contribution >= 4 is 24.2 Å². The van der Waals surface area contributed by atoms with Gasteiger partial charge in [-0.2, -0.15) is 19.2 Å². The maximum absolute atomic E-state index is 10.7. The molecule has 0 unspecified atom stereocenters. The zero-order chi connectivity index (χ0) is 15.4. The highest BCUT2D eigenvalue weighted by Gasteiger charge is 2.17. The van der Waals surface area contributed by atoms with Gasteiger partial charge in [-0.3, -0.25) is 0 Å². The molecule has 0 heterocycles. The molecule has 0 amide bonds. The van der Waals surface area contributed by atoms with Crippen molar-refractivity contribution in [2.75, 3.05) is 0 Å². The summed E-state index contributed by atoms with van der Waals surface area (Å²) >= 11 is 0. The molecule has 0 atom stereocenters. The lowest BCUT2D eigenvalue weighted by Gasteiger charge is -2.03. The van der Waals surface area contributed by atoms with Crippen molar-refractivity contribution in [1.82, 2.24) is 0 Å². The number of benzene rings is 1. The van der Waals surface area contributed by atoms with E-state index in [1.165, 1.54) is 12.1 Å². The molecule has 0 fully saturated rings. The molecular formula is C11H8O8. The Morgan fingerprint density at radius 3 is 1.63 bits per heavy atom. The van der Waals surface area contributed by atoms with E-state index in [0.29, 0.717) is 5.56 Å². The van der Waals surface area contributed by atoms with Crippen LogP contribution in [0.3, 0.4) is 0 Å². The molecule has 1 aromatic carbocycles. The fourth-order valence-electron chi connectivity index (χ4n) is 1.13. The lowest BCUT2D eigenvalue weighted by molar-refractivity contribution is -0.193. The highest BCUT2D eigenvalue weighted by molar-refractivity contribution is 6.02. The van der Waals surface area contributed by atoms with E-state index in [-0.39, 0.29) is 23.4 Å². The molecule has 8 heteroatoms. The molecule has 19 heavy (non-hydrogen) atoms. The molecule has 0 aliphatic carbocycles. The first-order valence-corrected chi connectivity index (χ1v) is 4.42. The first-order chi connectivity index (χ1) is 8.87. The van der Waals surface area contributed by atoms with E-state index in [0.717, 1.165) is 0 Å². The Bertz CT molecular complexity index is 507. The number of hydrogen-bond acceptors (Lipinski definition) is 6. The molecule has 0 bridgehead atoms. The molecule has 1 rings (SSSR count). The standard InChI is InChI=1S/C9H8O4.2CO2/c1-5-3-2-4-6(8(10)11)7(5)9(12)13;2*2-1-3/h2-4H,1H3,(H,10,11)(H,12,13);;. The largest absolute Gasteiger partial charge is 0.478 e. The summed E-state index contributed by atoms with van der Waals surface area (Å²) in [7, 11) is 0. The van der Waals surface area contributed by atoms with Gasteiger partial charge in [0.15, 0.2) is 0 Å². The van der Waals surface area contributed by atoms with Gasteiger partial charge in [0.25, 0.3) is 0 Å². The lowest BCUT2D eigenvalue weighted by atomic mass is 10.0. The third-order valence-corrected chi connectivity index (χ3v) is 1.72. The van der Waals surface area contributed by atoms with Crippen LogP contribution in [-0.2, 0) is 19.2 Å². The van der Waals surface area contributed by atoms with E-state index in [4.69, 9.17) is 29.4 Å². The van der Waals surface area contributed by atoms with Crippen LogP contribution in [-0.4, -0.2) is 34.5 Å². The monoisotopic (exact) mass is 268 g/mol. The summed E-state index contributed by atoms with van der Waals surface area (Å²) in [5.74, 6) is -2.43. The van der Waals surface area contributed by atoms with E-state index in [1.807, 2.05) is 0 Å². The van der Waals surface area contributed by atoms with Gasteiger partial charge in [-0.1, -0.05) is 12.1 Å². The number of aromatic carboxylic acids is 2. The molecule has 0 spiro atoms. The molecule has 8 nitrogen and oxygen atoms in total. The predicted octanol–water partition coefficient (Wildman–Crippen LogP) is 0.224. The molecule has 0 saturated heterocycles. The van der Waals surface area contributed by atoms with Crippen molar-refractivity contribution in [2.24, 2.45) is 0 Å². The van der Waals surface area contributed by atoms with E-state index >= 15 is 0 Å². The quantitative estimate of drug-likeness (QED) is 0.775. The van der Waals surface area contributed by atoms with Gasteiger partial charge in [-0.25, -0.2) is 9.59 Å². The van der Waals surface area contributed by atoms with E-state index in [1.54, 1.807) is 13.0 Å². The maximum atomic E-state index is 10.7. The second-order valence-electron chi connectivity index (χ2n) is 2.77. The summed E-state index contributed by atoms with van der Waals surface area (Å²) in [4.78, 5) is 53.8. The molecule has 0 aliphatic rings. The van der Waals surface area contributed by atoms with Crippen molar-refractivity contribution in [2.45, 2.75) is 6.92 Å². The number of carbonyl (C=O) groups is 2. The smallest absolute Gasteiger partial charge is 0.373 e. The van der Waals surface area contributed by atoms with Gasteiger partial charge in [-0.05, 0) is 18.6 Å². The predicted molar refractivity (Wildman–Crippen MR) is 55.1 cm³/mol. The zero-order valence-electron chi connectivity index (χ0n) is 9.58. The van der Waals surface area contributed by atoms with Crippen LogP contribution in [0.5, 0.6) is 0 Å². The number of carboxylic acid groups (broad SMARTS) is 2. The summed E-state index contributed by atoms with van der Waals surface area (Å²) in [5.41, 5.74) is 0.134. The van der Waals surface area contributed by atoms with Crippen LogP contribution in [0, 0.1) is 6.92 Å². The molecule has 2 N–H and O–H groups in total. The third kappa shape index (κ3) is 6.96. The Hall–Kier alpha value is -3.08. The van der Waals surface area contributed by atoms with Gasteiger partial charge in [0.2, 0.25) is 0 Å². The summed E-state index contributed by atoms with van der Waals surface area (Å²) in [5, 5.41) is 17.4. The van der Waals surface area contributed by atoms with Crippen LogP contribution in [0.1, 0.15) is 26.3 Å². The van der Waals surface area contributed by atoms with Gasteiger partial charge < -0.3 is 10.2 Å². The topological polar surface area (TPSA) is 143 Å². The fraction of sp³-hybridized carbons (Fsp3) is 0.0909. The average Bonchev–Trinajstić information content (AvgIpc) is 2.30. The Kier molecular flexibility index (Phi) is 9.72. The molecule has 0 aromatic heterocycles. The number of aryl methyl sites for hydroxylation is 1. The van der Waals surface area contributed by atoms with Crippen molar-refractivity contribution < 1.29 is 39.0 Å². The van der Waals surface area contributed by atoms with Crippen LogP contribution < -0.4 is 0 Å². The highest BCUT2D eigenvalue weighted by Crippen LogP contribution is 2.13. The Morgan fingerprint density at radius 2 is 1.37 bits per heavy atom. The third-order valence-electron chi connectivity index (χ3n) is 1.72. The summed E-state index contributed by atoms with van der Waals surface area (Å²) in [6.07, 6.45) is 0.500. The fourth-order valence-corrected chi connectivity index (χ4v) is 1.13. The number of carbonyl (C=O) groups excluding carboxylic acids is 4. The van der Waals surface area contributed by atoms with E-state index in [9.17, 15) is 9.59 Å². The highest BCUT2D eigenvalue weighted by atomic mass is 16.4. The van der Waals surface area contributed by atoms with Crippen LogP contribution >= 0.6 is 0 Å². The van der Waals surface area contributed by atoms with Crippen molar-refractivity contribution in [1.29, 1.82) is 0 Å². The molecule has 0 saturated carbocycles. The number of carboxylic acids is 2. The maximum Gasteiger partial charge on any atom is 0.373 e. The molecule has 0 aliphatic heterocycles. The van der Waals surface area contributed by atoms with Gasteiger partial charge in [0.05, 0.1) is 11.1 Å². The number of hydrogen-bond donors (Lipinski definition) is 2. The first-order valence-electron chi connectivity index (χ1n) is 4.42. The van der Waals surface area contributed by atoms with Crippen molar-refractivity contribution in [3.05, 3.63) is 34.9 Å². The molecular weight excluding hydrogens is 260 g/mol. The zero-order valence-corrected chi connectivity index (χ0v) is 9.58. The summed E-state index contributed by atoms with van der Waals surface area (Å²) < 4.78 is 0. The van der Waals surface area contributed by atoms with Crippen LogP contribution in [0.2, 0.25) is 0 Å². The average molecular weight is 268 g/mol. The minimum absolute atomic E-state index is 0.144. The minimum atomic E-state index is -1.22. The number of rotatable bonds is 2. The van der Waals surface area contributed by atoms with Gasteiger partial charge in [-0.15, -0.1) is 0 Å². The Labute approximate surface area is 106 Å². The van der Waals surface area contributed by atoms with Crippen LogP contribution in [0.15, 0.2) is 18.2 Å². The van der Waals surface area contributed by atoms with Crippen LogP contribution in [0.25, 0.3) is 0 Å². The minimum Gasteiger partial charge on any atom is -0.478 e. The van der Waals surface area contributed by atoms with Gasteiger partial charge in [0.1, 0.15) is 0 Å².